The first-order valence-corrected chi connectivity index (χ1v) is 8.36. The van der Waals surface area contributed by atoms with E-state index in [4.69, 9.17) is 20.8 Å². The van der Waals surface area contributed by atoms with Crippen LogP contribution in [0.15, 0.2) is 46.9 Å². The molecule has 2 aromatic carbocycles. The molecule has 0 bridgehead atoms. The van der Waals surface area contributed by atoms with Crippen molar-refractivity contribution >= 4 is 17.6 Å². The molecule has 1 aromatic heterocycles. The summed E-state index contributed by atoms with van der Waals surface area (Å²) >= 11 is 5.76. The predicted octanol–water partition coefficient (Wildman–Crippen LogP) is 5.78. The number of ether oxygens (including phenoxy) is 1. The van der Waals surface area contributed by atoms with Crippen LogP contribution >= 0.6 is 11.6 Å². The molecule has 0 amide bonds. The smallest absolute Gasteiger partial charge is 0.416 e. The molecule has 0 aliphatic rings. The molecule has 0 fully saturated rings. The summed E-state index contributed by atoms with van der Waals surface area (Å²) in [6.07, 6.45) is -10.2. The number of esters is 1. The van der Waals surface area contributed by atoms with Crippen LogP contribution in [0.5, 0.6) is 0 Å². The molecule has 0 unspecified atom stereocenters. The highest BCUT2D eigenvalue weighted by atomic mass is 35.5. The summed E-state index contributed by atoms with van der Waals surface area (Å²) in [5.41, 5.74) is -3.69. The second-order valence-corrected chi connectivity index (χ2v) is 6.31. The molecule has 12 heteroatoms. The molecule has 0 saturated heterocycles. The van der Waals surface area contributed by atoms with E-state index in [0.717, 1.165) is 0 Å². The van der Waals surface area contributed by atoms with Crippen molar-refractivity contribution in [1.29, 1.82) is 0 Å². The standard InChI is InChI=1S/C18H9ClF6N2O3/c19-13-3-1-9(2-4-13)15-27-26-14(30-15)8-29-16(28)10-5-11(17(20,21)22)7-12(6-10)18(23,24)25/h1-7H,8H2. The molecule has 158 valence electrons. The third kappa shape index (κ3) is 5.09. The predicted molar refractivity (Wildman–Crippen MR) is 90.3 cm³/mol. The largest absolute Gasteiger partial charge is 0.452 e. The van der Waals surface area contributed by atoms with Crippen LogP contribution in [0.2, 0.25) is 5.02 Å². The molecule has 5 nitrogen and oxygen atoms in total. The maximum absolute atomic E-state index is 12.9. The number of halogens is 7. The molecule has 0 spiro atoms. The number of nitrogens with zero attached hydrogens (tertiary/aromatic N) is 2. The molecule has 0 aliphatic carbocycles. The van der Waals surface area contributed by atoms with Gasteiger partial charge in [-0.1, -0.05) is 11.6 Å². The summed E-state index contributed by atoms with van der Waals surface area (Å²) in [6.45, 7) is -0.656. The topological polar surface area (TPSA) is 65.2 Å². The van der Waals surface area contributed by atoms with Gasteiger partial charge >= 0.3 is 18.3 Å². The van der Waals surface area contributed by atoms with Gasteiger partial charge in [-0.3, -0.25) is 0 Å². The van der Waals surface area contributed by atoms with Crippen molar-refractivity contribution in [3.05, 3.63) is 70.1 Å². The Kier molecular flexibility index (Phi) is 5.75. The van der Waals surface area contributed by atoms with Gasteiger partial charge in [0, 0.05) is 10.6 Å². The van der Waals surface area contributed by atoms with E-state index < -0.39 is 41.6 Å². The molecular formula is C18H9ClF6N2O3. The van der Waals surface area contributed by atoms with Crippen molar-refractivity contribution in [2.75, 3.05) is 0 Å². The quantitative estimate of drug-likeness (QED) is 0.372. The third-order valence-corrected chi connectivity index (χ3v) is 3.96. The van der Waals surface area contributed by atoms with Crippen LogP contribution in [0.25, 0.3) is 11.5 Å². The van der Waals surface area contributed by atoms with Gasteiger partial charge in [-0.2, -0.15) is 26.3 Å². The fraction of sp³-hybridized carbons (Fsp3) is 0.167. The summed E-state index contributed by atoms with van der Waals surface area (Å²) < 4.78 is 87.2. The maximum atomic E-state index is 12.9. The van der Waals surface area contributed by atoms with Crippen LogP contribution in [-0.4, -0.2) is 16.2 Å². The molecule has 30 heavy (non-hydrogen) atoms. The summed E-state index contributed by atoms with van der Waals surface area (Å²) in [6, 6.07) is 6.72. The molecule has 0 saturated carbocycles. The Bertz CT molecular complexity index is 1030. The Labute approximate surface area is 169 Å². The molecule has 0 aliphatic heterocycles. The van der Waals surface area contributed by atoms with Gasteiger partial charge in [0.25, 0.3) is 5.89 Å². The van der Waals surface area contributed by atoms with Crippen molar-refractivity contribution in [2.45, 2.75) is 19.0 Å². The van der Waals surface area contributed by atoms with E-state index in [-0.39, 0.29) is 30.0 Å². The van der Waals surface area contributed by atoms with Crippen LogP contribution in [0.4, 0.5) is 26.3 Å². The van der Waals surface area contributed by atoms with E-state index in [2.05, 4.69) is 10.2 Å². The van der Waals surface area contributed by atoms with Gasteiger partial charge in [0.2, 0.25) is 5.89 Å². The lowest BCUT2D eigenvalue weighted by atomic mass is 10.0. The Morgan fingerprint density at radius 2 is 1.50 bits per heavy atom. The molecule has 0 radical (unpaired) electrons. The van der Waals surface area contributed by atoms with E-state index in [1.807, 2.05) is 0 Å². The van der Waals surface area contributed by atoms with E-state index >= 15 is 0 Å². The average molecular weight is 451 g/mol. The van der Waals surface area contributed by atoms with E-state index in [0.29, 0.717) is 10.6 Å². The number of carbonyl (C=O) groups excluding carboxylic acids is 1. The SMILES string of the molecule is O=C(OCc1nnc(-c2ccc(Cl)cc2)o1)c1cc(C(F)(F)F)cc(C(F)(F)F)c1. The van der Waals surface area contributed by atoms with Crippen LogP contribution < -0.4 is 0 Å². The third-order valence-electron chi connectivity index (χ3n) is 3.71. The van der Waals surface area contributed by atoms with Crippen molar-refractivity contribution in [3.8, 4) is 11.5 Å². The van der Waals surface area contributed by atoms with Crippen LogP contribution in [0, 0.1) is 0 Å². The summed E-state index contributed by atoms with van der Waals surface area (Å²) in [4.78, 5) is 12.0. The number of rotatable bonds is 4. The van der Waals surface area contributed by atoms with Crippen molar-refractivity contribution in [3.63, 3.8) is 0 Å². The maximum Gasteiger partial charge on any atom is 0.416 e. The van der Waals surface area contributed by atoms with Gasteiger partial charge in [-0.25, -0.2) is 4.79 Å². The lowest BCUT2D eigenvalue weighted by molar-refractivity contribution is -0.143. The lowest BCUT2D eigenvalue weighted by Crippen LogP contribution is -2.14. The van der Waals surface area contributed by atoms with Crippen LogP contribution in [0.3, 0.4) is 0 Å². The number of aromatic nitrogens is 2. The Hall–Kier alpha value is -3.08. The van der Waals surface area contributed by atoms with Crippen molar-refractivity contribution in [2.24, 2.45) is 0 Å². The Balaban J connectivity index is 1.77. The highest BCUT2D eigenvalue weighted by Gasteiger charge is 2.37. The molecule has 0 atom stereocenters. The molecule has 1 heterocycles. The highest BCUT2D eigenvalue weighted by Crippen LogP contribution is 2.36. The fourth-order valence-corrected chi connectivity index (χ4v) is 2.43. The second kappa shape index (κ2) is 7.98. The minimum Gasteiger partial charge on any atom is -0.452 e. The lowest BCUT2D eigenvalue weighted by Gasteiger charge is -2.13. The van der Waals surface area contributed by atoms with Gasteiger partial charge < -0.3 is 9.15 Å². The normalized spacial score (nSPS) is 12.1. The van der Waals surface area contributed by atoms with E-state index in [9.17, 15) is 31.1 Å². The van der Waals surface area contributed by atoms with Crippen molar-refractivity contribution in [1.82, 2.24) is 10.2 Å². The first-order valence-electron chi connectivity index (χ1n) is 7.98. The zero-order valence-corrected chi connectivity index (χ0v) is 15.3. The molecule has 3 rings (SSSR count). The molecular weight excluding hydrogens is 442 g/mol. The number of carbonyl (C=O) groups is 1. The number of hydrogen-bond donors (Lipinski definition) is 0. The van der Waals surface area contributed by atoms with Gasteiger partial charge in [0.05, 0.1) is 16.7 Å². The highest BCUT2D eigenvalue weighted by molar-refractivity contribution is 6.30. The van der Waals surface area contributed by atoms with E-state index in [1.54, 1.807) is 24.3 Å². The van der Waals surface area contributed by atoms with Crippen molar-refractivity contribution < 1.29 is 40.3 Å². The number of alkyl halides is 6. The minimum atomic E-state index is -5.09. The first-order chi connectivity index (χ1) is 13.9. The molecule has 3 aromatic rings. The minimum absolute atomic E-state index is 0.0520. The Morgan fingerprint density at radius 3 is 2.03 bits per heavy atom. The monoisotopic (exact) mass is 450 g/mol. The zero-order chi connectivity index (χ0) is 22.1. The Morgan fingerprint density at radius 1 is 0.933 bits per heavy atom. The number of hydrogen-bond acceptors (Lipinski definition) is 5. The first kappa shape index (κ1) is 21.6. The summed E-state index contributed by atoms with van der Waals surface area (Å²) in [5.74, 6) is -1.58. The number of benzene rings is 2. The molecule has 0 N–H and O–H groups in total. The van der Waals surface area contributed by atoms with E-state index in [1.165, 1.54) is 0 Å². The van der Waals surface area contributed by atoms with Gasteiger partial charge in [-0.15, -0.1) is 10.2 Å². The summed E-state index contributed by atoms with van der Waals surface area (Å²) in [7, 11) is 0. The van der Waals surface area contributed by atoms with Gasteiger partial charge in [-0.05, 0) is 42.5 Å². The van der Waals surface area contributed by atoms with Crippen LogP contribution in [-0.2, 0) is 23.7 Å². The van der Waals surface area contributed by atoms with Gasteiger partial charge in [0.1, 0.15) is 0 Å². The average Bonchev–Trinajstić information content (AvgIpc) is 3.14. The van der Waals surface area contributed by atoms with Crippen LogP contribution in [0.1, 0.15) is 27.4 Å². The van der Waals surface area contributed by atoms with Gasteiger partial charge in [0.15, 0.2) is 6.61 Å². The summed E-state index contributed by atoms with van der Waals surface area (Å²) in [5, 5.41) is 7.78. The second-order valence-electron chi connectivity index (χ2n) is 5.88. The fourth-order valence-electron chi connectivity index (χ4n) is 2.30. The zero-order valence-electron chi connectivity index (χ0n) is 14.5.